The molecule has 3 heterocycles. The number of nitrogens with zero attached hydrogens (tertiary/aromatic N) is 4. The lowest BCUT2D eigenvalue weighted by Crippen LogP contribution is -2.23. The molecule has 0 aromatic carbocycles. The first-order valence-electron chi connectivity index (χ1n) is 5.79. The first kappa shape index (κ1) is 12.5. The third-order valence-corrected chi connectivity index (χ3v) is 3.55. The largest absolute Gasteiger partial charge is 0.480 e. The Morgan fingerprint density at radius 2 is 2.20 bits per heavy atom. The summed E-state index contributed by atoms with van der Waals surface area (Å²) in [6, 6.07) is 4.77. The predicted octanol–water partition coefficient (Wildman–Crippen LogP) is 0.887. The van der Waals surface area contributed by atoms with Crippen molar-refractivity contribution in [1.29, 1.82) is 0 Å². The molecule has 0 aliphatic rings. The summed E-state index contributed by atoms with van der Waals surface area (Å²) in [6.07, 6.45) is 0. The van der Waals surface area contributed by atoms with Crippen molar-refractivity contribution in [2.45, 2.75) is 6.54 Å². The number of thiophene rings is 1. The van der Waals surface area contributed by atoms with Crippen LogP contribution in [-0.2, 0) is 6.54 Å². The van der Waals surface area contributed by atoms with Crippen LogP contribution in [0.4, 0.5) is 5.82 Å². The summed E-state index contributed by atoms with van der Waals surface area (Å²) in [5.41, 5.74) is 5.62. The smallest absolute Gasteiger partial charge is 0.267 e. The summed E-state index contributed by atoms with van der Waals surface area (Å²) in [7, 11) is 1.49. The number of fused-ring (bicyclic) bond motifs is 1. The normalized spacial score (nSPS) is 10.8. The summed E-state index contributed by atoms with van der Waals surface area (Å²) in [6.45, 7) is 0.147. The van der Waals surface area contributed by atoms with Crippen LogP contribution in [0.5, 0.6) is 5.88 Å². The van der Waals surface area contributed by atoms with Crippen molar-refractivity contribution < 1.29 is 4.74 Å². The Morgan fingerprint density at radius 1 is 1.35 bits per heavy atom. The van der Waals surface area contributed by atoms with Crippen LogP contribution in [0.15, 0.2) is 28.4 Å². The number of hydrogen-bond acceptors (Lipinski definition) is 7. The molecule has 0 atom stereocenters. The molecular formula is C12H11N5O2S. The second-order valence-electron chi connectivity index (χ2n) is 4.04. The van der Waals surface area contributed by atoms with Gasteiger partial charge in [-0.05, 0) is 11.4 Å². The highest BCUT2D eigenvalue weighted by atomic mass is 32.1. The van der Waals surface area contributed by atoms with Gasteiger partial charge >= 0.3 is 0 Å². The molecule has 0 fully saturated rings. The lowest BCUT2D eigenvalue weighted by molar-refractivity contribution is 0.378. The molecule has 3 rings (SSSR count). The molecule has 0 aliphatic carbocycles. The van der Waals surface area contributed by atoms with Gasteiger partial charge in [0, 0.05) is 12.1 Å². The highest BCUT2D eigenvalue weighted by Crippen LogP contribution is 2.22. The zero-order chi connectivity index (χ0) is 14.1. The van der Waals surface area contributed by atoms with Crippen molar-refractivity contribution >= 4 is 27.4 Å². The molecule has 8 heteroatoms. The first-order valence-corrected chi connectivity index (χ1v) is 6.67. The van der Waals surface area contributed by atoms with E-state index in [1.165, 1.54) is 35.3 Å². The van der Waals surface area contributed by atoms with Gasteiger partial charge in [-0.25, -0.2) is 14.6 Å². The number of aromatic nitrogens is 4. The fourth-order valence-electron chi connectivity index (χ4n) is 1.78. The van der Waals surface area contributed by atoms with Crippen molar-refractivity contribution in [1.82, 2.24) is 19.7 Å². The predicted molar refractivity (Wildman–Crippen MR) is 76.0 cm³/mol. The number of ether oxygens (including phenoxy) is 1. The number of methoxy groups -OCH3 is 1. The van der Waals surface area contributed by atoms with E-state index in [-0.39, 0.29) is 12.1 Å². The number of hydrogen-bond donors (Lipinski definition) is 1. The van der Waals surface area contributed by atoms with Crippen LogP contribution in [0.1, 0.15) is 5.82 Å². The topological polar surface area (TPSA) is 95.9 Å². The second-order valence-corrected chi connectivity index (χ2v) is 4.93. The molecule has 102 valence electrons. The molecule has 20 heavy (non-hydrogen) atoms. The molecule has 3 aromatic rings. The van der Waals surface area contributed by atoms with Gasteiger partial charge < -0.3 is 10.5 Å². The fourth-order valence-corrected chi connectivity index (χ4v) is 2.57. The first-order chi connectivity index (χ1) is 9.67. The van der Waals surface area contributed by atoms with Gasteiger partial charge in [-0.2, -0.15) is 0 Å². The molecule has 0 bridgehead atoms. The Kier molecular flexibility index (Phi) is 3.07. The molecule has 3 aromatic heterocycles. The van der Waals surface area contributed by atoms with Crippen LogP contribution < -0.4 is 16.0 Å². The van der Waals surface area contributed by atoms with Crippen LogP contribution in [-0.4, -0.2) is 26.9 Å². The molecule has 0 saturated heterocycles. The third kappa shape index (κ3) is 2.21. The van der Waals surface area contributed by atoms with Gasteiger partial charge in [0.2, 0.25) is 5.88 Å². The van der Waals surface area contributed by atoms with Gasteiger partial charge in [0.05, 0.1) is 12.5 Å². The van der Waals surface area contributed by atoms with Crippen LogP contribution >= 0.6 is 11.3 Å². The average molecular weight is 289 g/mol. The van der Waals surface area contributed by atoms with Crippen LogP contribution in [0.3, 0.4) is 0 Å². The molecule has 0 saturated carbocycles. The van der Waals surface area contributed by atoms with E-state index in [0.717, 1.165) is 10.2 Å². The van der Waals surface area contributed by atoms with Crippen molar-refractivity contribution in [2.24, 2.45) is 0 Å². The SMILES string of the molecule is COc1ccc(=O)n(Cc2nc(N)c3ccsc3n2)n1. The maximum Gasteiger partial charge on any atom is 0.267 e. The van der Waals surface area contributed by atoms with E-state index >= 15 is 0 Å². The molecular weight excluding hydrogens is 278 g/mol. The lowest BCUT2D eigenvalue weighted by atomic mass is 10.4. The Labute approximate surface area is 117 Å². The monoisotopic (exact) mass is 289 g/mol. The zero-order valence-electron chi connectivity index (χ0n) is 10.6. The minimum atomic E-state index is -0.251. The van der Waals surface area contributed by atoms with E-state index < -0.39 is 0 Å². The van der Waals surface area contributed by atoms with Gasteiger partial charge in [-0.1, -0.05) is 0 Å². The van der Waals surface area contributed by atoms with Crippen LogP contribution in [0.25, 0.3) is 10.2 Å². The van der Waals surface area contributed by atoms with Crippen molar-refractivity contribution in [3.63, 3.8) is 0 Å². The number of nitrogens with two attached hydrogens (primary N) is 1. The molecule has 0 aliphatic heterocycles. The van der Waals surface area contributed by atoms with E-state index in [1.54, 1.807) is 0 Å². The van der Waals surface area contributed by atoms with E-state index in [0.29, 0.717) is 17.5 Å². The Hall–Kier alpha value is -2.48. The van der Waals surface area contributed by atoms with E-state index in [4.69, 9.17) is 10.5 Å². The second kappa shape index (κ2) is 4.89. The van der Waals surface area contributed by atoms with Gasteiger partial charge in [-0.3, -0.25) is 4.79 Å². The van der Waals surface area contributed by atoms with E-state index in [1.807, 2.05) is 11.4 Å². The molecule has 0 amide bonds. The van der Waals surface area contributed by atoms with Gasteiger partial charge in [0.1, 0.15) is 17.2 Å². The molecule has 0 radical (unpaired) electrons. The summed E-state index contributed by atoms with van der Waals surface area (Å²) < 4.78 is 6.24. The molecule has 0 unspecified atom stereocenters. The highest BCUT2D eigenvalue weighted by Gasteiger charge is 2.09. The van der Waals surface area contributed by atoms with Gasteiger partial charge in [0.25, 0.3) is 5.56 Å². The maximum atomic E-state index is 11.8. The Morgan fingerprint density at radius 3 is 3.00 bits per heavy atom. The highest BCUT2D eigenvalue weighted by molar-refractivity contribution is 7.16. The molecule has 2 N–H and O–H groups in total. The van der Waals surface area contributed by atoms with Crippen molar-refractivity contribution in [2.75, 3.05) is 12.8 Å². The number of rotatable bonds is 3. The minimum Gasteiger partial charge on any atom is -0.480 e. The maximum absolute atomic E-state index is 11.8. The summed E-state index contributed by atoms with van der Waals surface area (Å²) in [5, 5.41) is 6.77. The Bertz CT molecular complexity index is 826. The van der Waals surface area contributed by atoms with Crippen molar-refractivity contribution in [3.05, 3.63) is 39.8 Å². The third-order valence-electron chi connectivity index (χ3n) is 2.74. The summed E-state index contributed by atoms with van der Waals surface area (Å²) in [5.74, 6) is 1.21. The minimum absolute atomic E-state index is 0.147. The van der Waals surface area contributed by atoms with Crippen LogP contribution in [0, 0.1) is 0 Å². The molecule has 0 spiro atoms. The summed E-state index contributed by atoms with van der Waals surface area (Å²) >= 11 is 1.47. The van der Waals surface area contributed by atoms with E-state index in [9.17, 15) is 4.79 Å². The van der Waals surface area contributed by atoms with E-state index in [2.05, 4.69) is 15.1 Å². The zero-order valence-corrected chi connectivity index (χ0v) is 11.4. The fraction of sp³-hybridized carbons (Fsp3) is 0.167. The lowest BCUT2D eigenvalue weighted by Gasteiger charge is -2.06. The summed E-state index contributed by atoms with van der Waals surface area (Å²) in [4.78, 5) is 21.1. The quantitative estimate of drug-likeness (QED) is 0.769. The average Bonchev–Trinajstić information content (AvgIpc) is 2.90. The van der Waals surface area contributed by atoms with Crippen molar-refractivity contribution in [3.8, 4) is 5.88 Å². The Balaban J connectivity index is 2.02. The van der Waals surface area contributed by atoms with Crippen LogP contribution in [0.2, 0.25) is 0 Å². The number of nitrogen functional groups attached to an aromatic ring is 1. The number of anilines is 1. The van der Waals surface area contributed by atoms with Gasteiger partial charge in [0.15, 0.2) is 5.82 Å². The molecule has 7 nitrogen and oxygen atoms in total. The van der Waals surface area contributed by atoms with Gasteiger partial charge in [-0.15, -0.1) is 16.4 Å². The standard InChI is InChI=1S/C12H11N5O2S/c1-19-9-2-3-10(18)17(16-9)6-8-14-11(13)7-4-5-20-12(7)15-8/h2-5H,6H2,1H3,(H2,13,14,15).